The third-order valence-corrected chi connectivity index (χ3v) is 3.27. The molecule has 116 valence electrons. The summed E-state index contributed by atoms with van der Waals surface area (Å²) in [5.74, 6) is -0.0911. The quantitative estimate of drug-likeness (QED) is 0.706. The average Bonchev–Trinajstić information content (AvgIpc) is 2.41. The van der Waals surface area contributed by atoms with E-state index < -0.39 is 0 Å². The van der Waals surface area contributed by atoms with E-state index in [1.54, 1.807) is 24.3 Å². The lowest BCUT2D eigenvalue weighted by Crippen LogP contribution is -2.96. The summed E-state index contributed by atoms with van der Waals surface area (Å²) in [7, 11) is 0. The second-order valence-electron chi connectivity index (χ2n) is 5.11. The number of carbonyl (C=O) groups is 2. The molecule has 5 nitrogen and oxygen atoms in total. The minimum Gasteiger partial charge on any atom is -0.351 e. The van der Waals surface area contributed by atoms with Gasteiger partial charge in [-0.3, -0.25) is 9.59 Å². The first-order chi connectivity index (χ1) is 9.92. The van der Waals surface area contributed by atoms with Gasteiger partial charge >= 0.3 is 0 Å². The number of rotatable bonds is 7. The Morgan fingerprint density at radius 1 is 1.24 bits per heavy atom. The summed E-state index contributed by atoms with van der Waals surface area (Å²) in [6.07, 6.45) is 0.340. The van der Waals surface area contributed by atoms with E-state index in [2.05, 4.69) is 10.6 Å². The molecule has 0 aliphatic heterocycles. The maximum Gasteiger partial charge on any atom is 0.277 e. The van der Waals surface area contributed by atoms with Crippen molar-refractivity contribution in [3.8, 4) is 0 Å². The molecule has 0 unspecified atom stereocenters. The number of benzene rings is 1. The molecule has 21 heavy (non-hydrogen) atoms. The molecule has 0 radical (unpaired) electrons. The summed E-state index contributed by atoms with van der Waals surface area (Å²) in [6.45, 7) is 6.26. The average molecular weight is 313 g/mol. The van der Waals surface area contributed by atoms with E-state index in [-0.39, 0.29) is 23.9 Å². The summed E-state index contributed by atoms with van der Waals surface area (Å²) in [5.41, 5.74) is 0.716. The second kappa shape index (κ2) is 8.64. The zero-order valence-electron chi connectivity index (χ0n) is 12.7. The van der Waals surface area contributed by atoms with Gasteiger partial charge in [0.25, 0.3) is 5.91 Å². The summed E-state index contributed by atoms with van der Waals surface area (Å²) < 4.78 is 0. The lowest BCUT2D eigenvalue weighted by Gasteiger charge is -2.16. The van der Waals surface area contributed by atoms with Crippen molar-refractivity contribution in [2.45, 2.75) is 39.3 Å². The van der Waals surface area contributed by atoms with Gasteiger partial charge in [-0.15, -0.1) is 0 Å². The van der Waals surface area contributed by atoms with Crippen LogP contribution in [0.3, 0.4) is 0 Å². The van der Waals surface area contributed by atoms with E-state index in [4.69, 9.17) is 11.6 Å². The molecule has 6 heteroatoms. The third kappa shape index (κ3) is 6.60. The minimum atomic E-state index is -0.205. The van der Waals surface area contributed by atoms with Crippen molar-refractivity contribution >= 4 is 29.1 Å². The zero-order valence-corrected chi connectivity index (χ0v) is 13.4. The molecule has 1 rings (SSSR count). The molecule has 2 amide bonds. The Balaban J connectivity index is 2.40. The van der Waals surface area contributed by atoms with E-state index in [0.29, 0.717) is 23.7 Å². The van der Waals surface area contributed by atoms with Crippen LogP contribution in [0.5, 0.6) is 0 Å². The largest absolute Gasteiger partial charge is 0.351 e. The molecule has 0 aliphatic carbocycles. The van der Waals surface area contributed by atoms with Crippen LogP contribution < -0.4 is 16.0 Å². The number of anilines is 1. The highest BCUT2D eigenvalue weighted by Crippen LogP contribution is 2.13. The van der Waals surface area contributed by atoms with Crippen LogP contribution in [0.2, 0.25) is 5.02 Å². The van der Waals surface area contributed by atoms with Crippen molar-refractivity contribution in [2.75, 3.05) is 11.9 Å². The fourth-order valence-electron chi connectivity index (χ4n) is 2.02. The van der Waals surface area contributed by atoms with Crippen molar-refractivity contribution in [1.82, 2.24) is 5.32 Å². The number of quaternary nitrogens is 1. The van der Waals surface area contributed by atoms with Gasteiger partial charge in [0.15, 0.2) is 6.04 Å². The second-order valence-corrected chi connectivity index (χ2v) is 5.55. The highest BCUT2D eigenvalue weighted by molar-refractivity contribution is 6.30. The van der Waals surface area contributed by atoms with Crippen LogP contribution in [0, 0.1) is 0 Å². The normalized spacial score (nSPS) is 13.3. The molecule has 4 N–H and O–H groups in total. The number of nitrogens with two attached hydrogens (primary N) is 1. The molecule has 2 atom stereocenters. The van der Waals surface area contributed by atoms with Gasteiger partial charge in [-0.2, -0.15) is 0 Å². The lowest BCUT2D eigenvalue weighted by molar-refractivity contribution is -0.702. The summed E-state index contributed by atoms with van der Waals surface area (Å²) in [5, 5.41) is 8.10. The highest BCUT2D eigenvalue weighted by atomic mass is 35.5. The fourth-order valence-corrected chi connectivity index (χ4v) is 2.15. The molecule has 1 aromatic carbocycles. The standard InChI is InChI=1S/C15H22ClN3O2/c1-4-17-15(21)11(3)18-10(2)9-14(20)19-13-7-5-12(16)6-8-13/h5-8,10-11,18H,4,9H2,1-3H3,(H,17,21)(H,19,20)/p+1/t10-,11+/m1/s1. The van der Waals surface area contributed by atoms with Gasteiger partial charge in [0.05, 0.1) is 12.5 Å². The van der Waals surface area contributed by atoms with Crippen LogP contribution in [0.4, 0.5) is 5.69 Å². The third-order valence-electron chi connectivity index (χ3n) is 3.02. The number of carbonyl (C=O) groups excluding carboxylic acids is 2. The molecule has 0 spiro atoms. The lowest BCUT2D eigenvalue weighted by atomic mass is 10.2. The van der Waals surface area contributed by atoms with Crippen molar-refractivity contribution in [1.29, 1.82) is 0 Å². The first kappa shape index (κ1) is 17.5. The molecule has 0 saturated heterocycles. The zero-order chi connectivity index (χ0) is 15.8. The van der Waals surface area contributed by atoms with Crippen molar-refractivity contribution in [3.05, 3.63) is 29.3 Å². The molecule has 0 heterocycles. The molecule has 0 fully saturated rings. The van der Waals surface area contributed by atoms with Gasteiger partial charge in [0.2, 0.25) is 5.91 Å². The minimum absolute atomic E-state index is 0.0116. The topological polar surface area (TPSA) is 74.8 Å². The summed E-state index contributed by atoms with van der Waals surface area (Å²) in [6, 6.07) is 6.78. The fraction of sp³-hybridized carbons (Fsp3) is 0.467. The highest BCUT2D eigenvalue weighted by Gasteiger charge is 2.20. The molecule has 1 aromatic rings. The van der Waals surface area contributed by atoms with Crippen LogP contribution in [0.15, 0.2) is 24.3 Å². The van der Waals surface area contributed by atoms with E-state index in [1.807, 2.05) is 26.1 Å². The number of halogens is 1. The van der Waals surface area contributed by atoms with Gasteiger partial charge in [0.1, 0.15) is 0 Å². The molecular formula is C15H23ClN3O2+. The van der Waals surface area contributed by atoms with Crippen LogP contribution in [-0.2, 0) is 9.59 Å². The number of hydrogen-bond donors (Lipinski definition) is 3. The van der Waals surface area contributed by atoms with Gasteiger partial charge in [-0.25, -0.2) is 0 Å². The predicted molar refractivity (Wildman–Crippen MR) is 84.2 cm³/mol. The Bertz CT molecular complexity index is 476. The molecule has 0 bridgehead atoms. The summed E-state index contributed by atoms with van der Waals surface area (Å²) >= 11 is 5.79. The molecule has 0 saturated carbocycles. The Kier molecular flexibility index (Phi) is 7.19. The van der Waals surface area contributed by atoms with Crippen LogP contribution >= 0.6 is 11.6 Å². The van der Waals surface area contributed by atoms with Crippen molar-refractivity contribution in [2.24, 2.45) is 0 Å². The van der Waals surface area contributed by atoms with Gasteiger partial charge in [0, 0.05) is 17.3 Å². The first-order valence-electron chi connectivity index (χ1n) is 7.10. The first-order valence-corrected chi connectivity index (χ1v) is 7.48. The SMILES string of the molecule is CCNC(=O)[C@H](C)[NH2+][C@H](C)CC(=O)Nc1ccc(Cl)cc1. The Labute approximate surface area is 130 Å². The number of hydrogen-bond acceptors (Lipinski definition) is 2. The number of likely N-dealkylation sites (N-methyl/N-ethyl adjacent to an activating group) is 1. The Morgan fingerprint density at radius 3 is 2.43 bits per heavy atom. The monoisotopic (exact) mass is 312 g/mol. The van der Waals surface area contributed by atoms with E-state index in [1.165, 1.54) is 0 Å². The van der Waals surface area contributed by atoms with Crippen LogP contribution in [0.25, 0.3) is 0 Å². The van der Waals surface area contributed by atoms with Crippen molar-refractivity contribution in [3.63, 3.8) is 0 Å². The molecule has 0 aliphatic rings. The number of amides is 2. The van der Waals surface area contributed by atoms with Gasteiger partial charge in [-0.05, 0) is 45.0 Å². The molecular weight excluding hydrogens is 290 g/mol. The Morgan fingerprint density at radius 2 is 1.86 bits per heavy atom. The molecule has 0 aromatic heterocycles. The van der Waals surface area contributed by atoms with Gasteiger partial charge in [-0.1, -0.05) is 11.6 Å². The van der Waals surface area contributed by atoms with E-state index in [0.717, 1.165) is 0 Å². The maximum atomic E-state index is 11.9. The van der Waals surface area contributed by atoms with Crippen LogP contribution in [-0.4, -0.2) is 30.4 Å². The summed E-state index contributed by atoms with van der Waals surface area (Å²) in [4.78, 5) is 23.6. The smallest absolute Gasteiger partial charge is 0.277 e. The van der Waals surface area contributed by atoms with E-state index >= 15 is 0 Å². The van der Waals surface area contributed by atoms with E-state index in [9.17, 15) is 9.59 Å². The Hall–Kier alpha value is -1.59. The predicted octanol–water partition coefficient (Wildman–Crippen LogP) is 1.15. The van der Waals surface area contributed by atoms with Crippen LogP contribution in [0.1, 0.15) is 27.2 Å². The van der Waals surface area contributed by atoms with Crippen molar-refractivity contribution < 1.29 is 14.9 Å². The number of nitrogens with one attached hydrogen (secondary N) is 2. The van der Waals surface area contributed by atoms with Gasteiger partial charge < -0.3 is 16.0 Å². The maximum absolute atomic E-state index is 11.9.